The summed E-state index contributed by atoms with van der Waals surface area (Å²) in [5, 5.41) is 0. The Balaban J connectivity index is 2.09. The Bertz CT molecular complexity index is 365. The molecule has 1 fully saturated rings. The van der Waals surface area contributed by atoms with E-state index in [1.807, 2.05) is 0 Å². The van der Waals surface area contributed by atoms with Crippen molar-refractivity contribution in [2.75, 3.05) is 6.54 Å². The van der Waals surface area contributed by atoms with Gasteiger partial charge in [-0.25, -0.2) is 0 Å². The lowest BCUT2D eigenvalue weighted by molar-refractivity contribution is 0.194. The minimum Gasteiger partial charge on any atom is -0.330 e. The van der Waals surface area contributed by atoms with Gasteiger partial charge in [0.15, 0.2) is 0 Å². The van der Waals surface area contributed by atoms with Gasteiger partial charge in [-0.15, -0.1) is 0 Å². The zero-order valence-corrected chi connectivity index (χ0v) is 9.61. The van der Waals surface area contributed by atoms with Crippen molar-refractivity contribution in [2.24, 2.45) is 11.1 Å². The molecule has 1 aliphatic carbocycles. The standard InChI is InChI=1S/C10H17N3OS/c11-7-10(4-2-1-3-5-10)6-8-12-9(14)15-13-8/h1-7,11H2,(H,12,13,14). The van der Waals surface area contributed by atoms with E-state index in [1.165, 1.54) is 32.1 Å². The highest BCUT2D eigenvalue weighted by Gasteiger charge is 2.31. The second-order valence-electron chi connectivity index (χ2n) is 4.48. The van der Waals surface area contributed by atoms with Crippen LogP contribution in [0.2, 0.25) is 0 Å². The first-order valence-corrected chi connectivity index (χ1v) is 6.26. The van der Waals surface area contributed by atoms with Crippen LogP contribution in [0.15, 0.2) is 4.79 Å². The maximum Gasteiger partial charge on any atom is 0.323 e. The molecule has 1 aliphatic rings. The summed E-state index contributed by atoms with van der Waals surface area (Å²) in [7, 11) is 0. The third-order valence-electron chi connectivity index (χ3n) is 3.37. The van der Waals surface area contributed by atoms with Gasteiger partial charge in [-0.05, 0) is 24.8 Å². The molecule has 1 saturated carbocycles. The van der Waals surface area contributed by atoms with E-state index in [4.69, 9.17) is 5.73 Å². The van der Waals surface area contributed by atoms with Crippen molar-refractivity contribution in [3.05, 3.63) is 15.5 Å². The van der Waals surface area contributed by atoms with Crippen molar-refractivity contribution in [3.8, 4) is 0 Å². The van der Waals surface area contributed by atoms with Gasteiger partial charge in [0.2, 0.25) is 0 Å². The Morgan fingerprint density at radius 3 is 2.67 bits per heavy atom. The maximum atomic E-state index is 11.0. The molecule has 0 saturated heterocycles. The van der Waals surface area contributed by atoms with Gasteiger partial charge >= 0.3 is 4.87 Å². The molecular formula is C10H17N3OS. The highest BCUT2D eigenvalue weighted by molar-refractivity contribution is 7.02. The molecule has 0 aromatic carbocycles. The Kier molecular flexibility index (Phi) is 3.21. The summed E-state index contributed by atoms with van der Waals surface area (Å²) >= 11 is 1.00. The molecule has 5 heteroatoms. The van der Waals surface area contributed by atoms with Gasteiger partial charge in [0.25, 0.3) is 0 Å². The van der Waals surface area contributed by atoms with Crippen molar-refractivity contribution in [1.82, 2.24) is 9.36 Å². The summed E-state index contributed by atoms with van der Waals surface area (Å²) in [6.07, 6.45) is 7.00. The number of aromatic amines is 1. The second kappa shape index (κ2) is 4.45. The average Bonchev–Trinajstić information content (AvgIpc) is 2.65. The number of hydrogen-bond donors (Lipinski definition) is 2. The van der Waals surface area contributed by atoms with Gasteiger partial charge in [-0.1, -0.05) is 19.3 Å². The largest absolute Gasteiger partial charge is 0.330 e. The molecule has 1 aromatic rings. The van der Waals surface area contributed by atoms with Crippen LogP contribution in [0.4, 0.5) is 0 Å². The molecule has 2 rings (SSSR count). The molecule has 0 amide bonds. The number of nitrogens with two attached hydrogens (primary N) is 1. The van der Waals surface area contributed by atoms with Crippen LogP contribution in [0.3, 0.4) is 0 Å². The minimum atomic E-state index is -0.0621. The molecule has 0 atom stereocenters. The SMILES string of the molecule is NCC1(Cc2nsc(=O)[nH]2)CCCCC1. The van der Waals surface area contributed by atoms with Crippen LogP contribution >= 0.6 is 11.5 Å². The van der Waals surface area contributed by atoms with Gasteiger partial charge in [0, 0.05) is 18.0 Å². The molecule has 84 valence electrons. The quantitative estimate of drug-likeness (QED) is 0.817. The Labute approximate surface area is 93.1 Å². The van der Waals surface area contributed by atoms with Crippen LogP contribution in [-0.4, -0.2) is 15.9 Å². The van der Waals surface area contributed by atoms with Crippen LogP contribution in [-0.2, 0) is 6.42 Å². The van der Waals surface area contributed by atoms with E-state index in [2.05, 4.69) is 9.36 Å². The van der Waals surface area contributed by atoms with Crippen molar-refractivity contribution >= 4 is 11.5 Å². The van der Waals surface area contributed by atoms with Gasteiger partial charge in [0.05, 0.1) is 0 Å². The van der Waals surface area contributed by atoms with E-state index >= 15 is 0 Å². The molecular weight excluding hydrogens is 210 g/mol. The number of rotatable bonds is 3. The van der Waals surface area contributed by atoms with E-state index < -0.39 is 0 Å². The zero-order chi connectivity index (χ0) is 10.7. The fraction of sp³-hybridized carbons (Fsp3) is 0.800. The lowest BCUT2D eigenvalue weighted by atomic mass is 9.72. The molecule has 3 N–H and O–H groups in total. The highest BCUT2D eigenvalue weighted by atomic mass is 32.1. The van der Waals surface area contributed by atoms with E-state index in [1.54, 1.807) is 0 Å². The molecule has 1 heterocycles. The van der Waals surface area contributed by atoms with Crippen molar-refractivity contribution in [1.29, 1.82) is 0 Å². The van der Waals surface area contributed by atoms with E-state index in [9.17, 15) is 4.79 Å². The molecule has 15 heavy (non-hydrogen) atoms. The normalized spacial score (nSPS) is 20.3. The molecule has 1 aromatic heterocycles. The van der Waals surface area contributed by atoms with Gasteiger partial charge in [-0.2, -0.15) is 4.37 Å². The topological polar surface area (TPSA) is 71.8 Å². The molecule has 0 aliphatic heterocycles. The smallest absolute Gasteiger partial charge is 0.323 e. The summed E-state index contributed by atoms with van der Waals surface area (Å²) in [4.78, 5) is 13.7. The number of nitrogens with zero attached hydrogens (tertiary/aromatic N) is 1. The number of aromatic nitrogens is 2. The molecule has 0 spiro atoms. The monoisotopic (exact) mass is 227 g/mol. The van der Waals surface area contributed by atoms with Crippen LogP contribution < -0.4 is 10.6 Å². The summed E-state index contributed by atoms with van der Waals surface area (Å²) < 4.78 is 4.12. The van der Waals surface area contributed by atoms with Crippen LogP contribution in [0.1, 0.15) is 37.9 Å². The first-order valence-electron chi connectivity index (χ1n) is 5.49. The fourth-order valence-electron chi connectivity index (χ4n) is 2.45. The number of nitrogens with one attached hydrogen (secondary N) is 1. The third-order valence-corrected chi connectivity index (χ3v) is 3.95. The lowest BCUT2D eigenvalue weighted by Crippen LogP contribution is -2.35. The van der Waals surface area contributed by atoms with E-state index in [0.717, 1.165) is 23.8 Å². The Hall–Kier alpha value is -0.680. The van der Waals surface area contributed by atoms with Crippen molar-refractivity contribution in [2.45, 2.75) is 38.5 Å². The summed E-state index contributed by atoms with van der Waals surface area (Å²) in [5.41, 5.74) is 6.07. The van der Waals surface area contributed by atoms with E-state index in [0.29, 0.717) is 6.54 Å². The molecule has 0 unspecified atom stereocenters. The summed E-state index contributed by atoms with van der Waals surface area (Å²) in [6.45, 7) is 0.701. The van der Waals surface area contributed by atoms with Crippen LogP contribution in [0, 0.1) is 5.41 Å². The number of hydrogen-bond acceptors (Lipinski definition) is 4. The Morgan fingerprint density at radius 2 is 2.13 bits per heavy atom. The Morgan fingerprint density at radius 1 is 1.40 bits per heavy atom. The first kappa shape index (κ1) is 10.8. The van der Waals surface area contributed by atoms with Gasteiger partial charge in [0.1, 0.15) is 5.82 Å². The van der Waals surface area contributed by atoms with Crippen LogP contribution in [0.5, 0.6) is 0 Å². The fourth-order valence-corrected chi connectivity index (χ4v) is 2.91. The average molecular weight is 227 g/mol. The van der Waals surface area contributed by atoms with Crippen LogP contribution in [0.25, 0.3) is 0 Å². The molecule has 0 radical (unpaired) electrons. The van der Waals surface area contributed by atoms with Crippen molar-refractivity contribution < 1.29 is 0 Å². The highest BCUT2D eigenvalue weighted by Crippen LogP contribution is 2.37. The number of H-pyrrole nitrogens is 1. The van der Waals surface area contributed by atoms with Crippen molar-refractivity contribution in [3.63, 3.8) is 0 Å². The summed E-state index contributed by atoms with van der Waals surface area (Å²) in [5.74, 6) is 0.817. The zero-order valence-electron chi connectivity index (χ0n) is 8.79. The minimum absolute atomic E-state index is 0.0621. The predicted octanol–water partition coefficient (Wildman–Crippen LogP) is 1.28. The predicted molar refractivity (Wildman–Crippen MR) is 61.0 cm³/mol. The maximum absolute atomic E-state index is 11.0. The summed E-state index contributed by atoms with van der Waals surface area (Å²) in [6, 6.07) is 0. The second-order valence-corrected chi connectivity index (χ2v) is 5.22. The van der Waals surface area contributed by atoms with Gasteiger partial charge in [-0.3, -0.25) is 9.78 Å². The molecule has 0 bridgehead atoms. The lowest BCUT2D eigenvalue weighted by Gasteiger charge is -2.35. The van der Waals surface area contributed by atoms with Gasteiger partial charge < -0.3 is 5.73 Å². The first-order chi connectivity index (χ1) is 7.24. The molecule has 4 nitrogen and oxygen atoms in total. The van der Waals surface area contributed by atoms with E-state index in [-0.39, 0.29) is 10.3 Å². The third kappa shape index (κ3) is 2.46.